The van der Waals surface area contributed by atoms with Crippen molar-refractivity contribution in [2.24, 2.45) is 0 Å². The number of carbonyl (C=O) groups is 1. The van der Waals surface area contributed by atoms with E-state index < -0.39 is 16.0 Å². The summed E-state index contributed by atoms with van der Waals surface area (Å²) in [7, 11) is -3.62. The molecule has 0 amide bonds. The van der Waals surface area contributed by atoms with Crippen molar-refractivity contribution in [1.82, 2.24) is 4.31 Å². The molecule has 0 aromatic heterocycles. The molecule has 1 N–H and O–H groups in total. The summed E-state index contributed by atoms with van der Waals surface area (Å²) in [6.07, 6.45) is 1.76. The van der Waals surface area contributed by atoms with Crippen molar-refractivity contribution in [3.63, 3.8) is 0 Å². The summed E-state index contributed by atoms with van der Waals surface area (Å²) >= 11 is 0. The van der Waals surface area contributed by atoms with Crippen molar-refractivity contribution in [3.05, 3.63) is 29.8 Å². The summed E-state index contributed by atoms with van der Waals surface area (Å²) in [5.41, 5.74) is 0.0659. The van der Waals surface area contributed by atoms with Crippen molar-refractivity contribution in [2.75, 3.05) is 19.7 Å². The molecule has 0 aliphatic carbocycles. The van der Waals surface area contributed by atoms with Crippen LogP contribution < -0.4 is 0 Å². The van der Waals surface area contributed by atoms with E-state index in [1.807, 2.05) is 0 Å². The number of hydrogen-bond acceptors (Lipinski definition) is 4. The van der Waals surface area contributed by atoms with Gasteiger partial charge in [0.25, 0.3) is 0 Å². The number of hydrogen-bond donors (Lipinski definition) is 1. The predicted octanol–water partition coefficient (Wildman–Crippen LogP) is 1.57. The Labute approximate surface area is 124 Å². The average Bonchev–Trinajstić information content (AvgIpc) is 2.97. The third kappa shape index (κ3) is 3.61. The summed E-state index contributed by atoms with van der Waals surface area (Å²) in [6, 6.07) is 5.26. The first-order chi connectivity index (χ1) is 9.95. The van der Waals surface area contributed by atoms with Gasteiger partial charge in [-0.25, -0.2) is 13.2 Å². The molecule has 0 spiro atoms. The molecule has 1 aliphatic rings. The van der Waals surface area contributed by atoms with Crippen molar-refractivity contribution in [1.29, 1.82) is 0 Å². The van der Waals surface area contributed by atoms with E-state index in [-0.39, 0.29) is 16.6 Å². The van der Waals surface area contributed by atoms with Crippen LogP contribution in [0.4, 0.5) is 0 Å². The largest absolute Gasteiger partial charge is 0.478 e. The zero-order valence-electron chi connectivity index (χ0n) is 11.9. The summed E-state index contributed by atoms with van der Waals surface area (Å²) in [4.78, 5) is 10.9. The lowest BCUT2D eigenvalue weighted by Crippen LogP contribution is -2.37. The smallest absolute Gasteiger partial charge is 0.335 e. The molecule has 1 unspecified atom stereocenters. The Morgan fingerprint density at radius 2 is 2.05 bits per heavy atom. The fourth-order valence-electron chi connectivity index (χ4n) is 2.33. The number of carboxylic acids is 1. The Morgan fingerprint density at radius 3 is 2.52 bits per heavy atom. The third-order valence-corrected chi connectivity index (χ3v) is 5.48. The number of sulfonamides is 1. The molecule has 6 nitrogen and oxygen atoms in total. The summed E-state index contributed by atoms with van der Waals surface area (Å²) in [5, 5.41) is 8.85. The van der Waals surface area contributed by atoms with Crippen molar-refractivity contribution < 1.29 is 23.1 Å². The second-order valence-electron chi connectivity index (χ2n) is 4.92. The zero-order valence-corrected chi connectivity index (χ0v) is 12.7. The van der Waals surface area contributed by atoms with E-state index in [9.17, 15) is 13.2 Å². The molecule has 7 heteroatoms. The number of benzene rings is 1. The molecule has 1 heterocycles. The number of likely N-dealkylation sites (N-methyl/N-ethyl adjacent to an activating group) is 1. The molecule has 0 bridgehead atoms. The van der Waals surface area contributed by atoms with Crippen LogP contribution in [0.5, 0.6) is 0 Å². The Kier molecular flexibility index (Phi) is 4.97. The van der Waals surface area contributed by atoms with Crippen molar-refractivity contribution in [3.8, 4) is 0 Å². The second-order valence-corrected chi connectivity index (χ2v) is 6.86. The van der Waals surface area contributed by atoms with Gasteiger partial charge >= 0.3 is 5.97 Å². The molecule has 1 fully saturated rings. The SMILES string of the molecule is CCN(CC1CCCO1)S(=O)(=O)c1ccc(C(=O)O)cc1. The molecule has 1 saturated heterocycles. The van der Waals surface area contributed by atoms with Gasteiger partial charge in [-0.2, -0.15) is 4.31 Å². The highest BCUT2D eigenvalue weighted by Crippen LogP contribution is 2.20. The minimum absolute atomic E-state index is 0.0574. The maximum atomic E-state index is 12.6. The van der Waals surface area contributed by atoms with Crippen LogP contribution in [0.2, 0.25) is 0 Å². The molecule has 0 saturated carbocycles. The maximum Gasteiger partial charge on any atom is 0.335 e. The van der Waals surface area contributed by atoms with Gasteiger partial charge in [0.05, 0.1) is 16.6 Å². The lowest BCUT2D eigenvalue weighted by molar-refractivity contribution is 0.0696. The highest BCUT2D eigenvalue weighted by molar-refractivity contribution is 7.89. The van der Waals surface area contributed by atoms with Gasteiger partial charge in [0.15, 0.2) is 0 Å². The highest BCUT2D eigenvalue weighted by Gasteiger charge is 2.27. The number of aromatic carboxylic acids is 1. The molecule has 1 atom stereocenters. The van der Waals surface area contributed by atoms with Crippen LogP contribution in [0.25, 0.3) is 0 Å². The van der Waals surface area contributed by atoms with Crippen molar-refractivity contribution >= 4 is 16.0 Å². The minimum Gasteiger partial charge on any atom is -0.478 e. The molecule has 1 aromatic rings. The topological polar surface area (TPSA) is 83.9 Å². The van der Waals surface area contributed by atoms with Crippen LogP contribution in [0.15, 0.2) is 29.2 Å². The summed E-state index contributed by atoms with van der Waals surface area (Å²) < 4.78 is 32.0. The van der Waals surface area contributed by atoms with Crippen LogP contribution in [0.3, 0.4) is 0 Å². The van der Waals surface area contributed by atoms with Gasteiger partial charge in [-0.15, -0.1) is 0 Å². The first kappa shape index (κ1) is 15.9. The van der Waals surface area contributed by atoms with Crippen LogP contribution in [-0.2, 0) is 14.8 Å². The zero-order chi connectivity index (χ0) is 15.5. The quantitative estimate of drug-likeness (QED) is 0.862. The van der Waals surface area contributed by atoms with Gasteiger partial charge < -0.3 is 9.84 Å². The van der Waals surface area contributed by atoms with E-state index in [0.29, 0.717) is 19.7 Å². The molecule has 0 radical (unpaired) electrons. The van der Waals surface area contributed by atoms with E-state index >= 15 is 0 Å². The molecule has 1 aromatic carbocycles. The lowest BCUT2D eigenvalue weighted by atomic mass is 10.2. The predicted molar refractivity (Wildman–Crippen MR) is 76.8 cm³/mol. The normalized spacial score (nSPS) is 19.0. The van der Waals surface area contributed by atoms with Crippen LogP contribution in [0.1, 0.15) is 30.1 Å². The number of ether oxygens (including phenoxy) is 1. The monoisotopic (exact) mass is 313 g/mol. The Morgan fingerprint density at radius 1 is 1.38 bits per heavy atom. The van der Waals surface area contributed by atoms with Gasteiger partial charge in [0.2, 0.25) is 10.0 Å². The van der Waals surface area contributed by atoms with Gasteiger partial charge in [-0.1, -0.05) is 6.92 Å². The number of rotatable bonds is 6. The molecule has 116 valence electrons. The highest BCUT2D eigenvalue weighted by atomic mass is 32.2. The van der Waals surface area contributed by atoms with Crippen molar-refractivity contribution in [2.45, 2.75) is 30.8 Å². The fraction of sp³-hybridized carbons (Fsp3) is 0.500. The molecular formula is C14H19NO5S. The minimum atomic E-state index is -3.62. The van der Waals surface area contributed by atoms with E-state index in [0.717, 1.165) is 12.8 Å². The van der Waals surface area contributed by atoms with Gasteiger partial charge in [-0.05, 0) is 37.1 Å². The molecule has 2 rings (SSSR count). The first-order valence-electron chi connectivity index (χ1n) is 6.90. The van der Waals surface area contributed by atoms with Gasteiger partial charge in [-0.3, -0.25) is 0 Å². The Bertz CT molecular complexity index is 590. The van der Waals surface area contributed by atoms with E-state index in [4.69, 9.17) is 9.84 Å². The number of carboxylic acid groups (broad SMARTS) is 1. The maximum absolute atomic E-state index is 12.6. The average molecular weight is 313 g/mol. The van der Waals surface area contributed by atoms with Gasteiger partial charge in [0.1, 0.15) is 0 Å². The van der Waals surface area contributed by atoms with Crippen LogP contribution in [-0.4, -0.2) is 49.6 Å². The Balaban J connectivity index is 2.19. The molecule has 21 heavy (non-hydrogen) atoms. The standard InChI is InChI=1S/C14H19NO5S/c1-2-15(10-12-4-3-9-20-12)21(18,19)13-7-5-11(6-8-13)14(16)17/h5-8,12H,2-4,9-10H2,1H3,(H,16,17). The molecule has 1 aliphatic heterocycles. The first-order valence-corrected chi connectivity index (χ1v) is 8.34. The van der Waals surface area contributed by atoms with Crippen LogP contribution in [0, 0.1) is 0 Å². The van der Waals surface area contributed by atoms with Gasteiger partial charge in [0, 0.05) is 19.7 Å². The summed E-state index contributed by atoms with van der Waals surface area (Å²) in [5.74, 6) is -1.08. The van der Waals surface area contributed by atoms with E-state index in [1.165, 1.54) is 28.6 Å². The summed E-state index contributed by atoms with van der Waals surface area (Å²) in [6.45, 7) is 3.14. The third-order valence-electron chi connectivity index (χ3n) is 3.52. The van der Waals surface area contributed by atoms with E-state index in [1.54, 1.807) is 6.92 Å². The van der Waals surface area contributed by atoms with E-state index in [2.05, 4.69) is 0 Å². The number of nitrogens with zero attached hydrogens (tertiary/aromatic N) is 1. The Hall–Kier alpha value is -1.44. The molecular weight excluding hydrogens is 294 g/mol. The lowest BCUT2D eigenvalue weighted by Gasteiger charge is -2.23. The van der Waals surface area contributed by atoms with Crippen LogP contribution >= 0.6 is 0 Å². The second kappa shape index (κ2) is 6.55. The fourth-order valence-corrected chi connectivity index (χ4v) is 3.81.